The molecule has 1 aliphatic heterocycles. The second-order valence-corrected chi connectivity index (χ2v) is 6.31. The number of halogens is 1. The van der Waals surface area contributed by atoms with Crippen LogP contribution in [0, 0.1) is 11.3 Å². The van der Waals surface area contributed by atoms with Crippen molar-refractivity contribution in [3.05, 3.63) is 39.5 Å². The lowest BCUT2D eigenvalue weighted by Crippen LogP contribution is -2.44. The molecule has 0 amide bonds. The quantitative estimate of drug-likeness (QED) is 0.843. The van der Waals surface area contributed by atoms with Gasteiger partial charge < -0.3 is 15.2 Å². The summed E-state index contributed by atoms with van der Waals surface area (Å²) in [5.41, 5.74) is 2.03. The Labute approximate surface area is 136 Å². The van der Waals surface area contributed by atoms with Crippen LogP contribution >= 0.6 is 15.9 Å². The number of nitrogens with one attached hydrogen (secondary N) is 1. The molecule has 6 heteroatoms. The molecule has 5 nitrogen and oxygen atoms in total. The minimum atomic E-state index is -0.773. The number of aliphatic hydroxyl groups is 1. The van der Waals surface area contributed by atoms with Crippen LogP contribution in [0.4, 0.5) is 0 Å². The Morgan fingerprint density at radius 1 is 1.45 bits per heavy atom. The number of Topliss-reactive ketones (excluding diaryl/α,β-unsaturated/α-hetero) is 1. The van der Waals surface area contributed by atoms with Gasteiger partial charge in [-0.2, -0.15) is 5.26 Å². The van der Waals surface area contributed by atoms with Crippen molar-refractivity contribution in [1.82, 2.24) is 5.32 Å². The number of rotatable bonds is 2. The van der Waals surface area contributed by atoms with E-state index in [4.69, 9.17) is 10.00 Å². The monoisotopic (exact) mass is 362 g/mol. The molecule has 0 saturated carbocycles. The first-order valence-electron chi connectivity index (χ1n) is 7.08. The van der Waals surface area contributed by atoms with Gasteiger partial charge in [-0.25, -0.2) is 0 Å². The first-order chi connectivity index (χ1) is 10.5. The van der Waals surface area contributed by atoms with Gasteiger partial charge in [-0.1, -0.05) is 0 Å². The Balaban J connectivity index is 2.00. The van der Waals surface area contributed by atoms with E-state index in [2.05, 4.69) is 27.3 Å². The number of benzene rings is 1. The van der Waals surface area contributed by atoms with Gasteiger partial charge in [-0.15, -0.1) is 0 Å². The van der Waals surface area contributed by atoms with E-state index < -0.39 is 12.1 Å². The number of carbonyl (C=O) groups is 1. The zero-order valence-corrected chi connectivity index (χ0v) is 13.6. The van der Waals surface area contributed by atoms with Crippen molar-refractivity contribution < 1.29 is 14.6 Å². The predicted molar refractivity (Wildman–Crippen MR) is 83.3 cm³/mol. The summed E-state index contributed by atoms with van der Waals surface area (Å²) in [4.78, 5) is 11.6. The van der Waals surface area contributed by atoms with Gasteiger partial charge in [0.2, 0.25) is 0 Å². The number of aliphatic hydroxyl groups excluding tert-OH is 1. The maximum absolute atomic E-state index is 11.6. The molecule has 1 aromatic carbocycles. The molecule has 3 unspecified atom stereocenters. The summed E-state index contributed by atoms with van der Waals surface area (Å²) >= 11 is 3.30. The number of ketones is 1. The minimum Gasteiger partial charge on any atom is -0.488 e. The predicted octanol–water partition coefficient (Wildman–Crippen LogP) is 2.30. The van der Waals surface area contributed by atoms with Gasteiger partial charge in [0.1, 0.15) is 18.0 Å². The summed E-state index contributed by atoms with van der Waals surface area (Å²) < 4.78 is 6.23. The molecule has 1 aliphatic carbocycles. The highest BCUT2D eigenvalue weighted by Crippen LogP contribution is 2.38. The van der Waals surface area contributed by atoms with Crippen LogP contribution in [-0.2, 0) is 4.79 Å². The van der Waals surface area contributed by atoms with E-state index in [1.54, 1.807) is 25.1 Å². The number of nitrogens with zero attached hydrogens (tertiary/aromatic N) is 1. The summed E-state index contributed by atoms with van der Waals surface area (Å²) in [7, 11) is 0. The molecular weight excluding hydrogens is 348 g/mol. The van der Waals surface area contributed by atoms with Crippen LogP contribution in [0.3, 0.4) is 0 Å². The molecule has 3 rings (SSSR count). The van der Waals surface area contributed by atoms with Gasteiger partial charge in [-0.05, 0) is 47.5 Å². The van der Waals surface area contributed by atoms with E-state index in [-0.39, 0.29) is 11.9 Å². The average Bonchev–Trinajstić information content (AvgIpc) is 2.83. The molecule has 0 fully saturated rings. The second kappa shape index (κ2) is 5.75. The highest BCUT2D eigenvalue weighted by molar-refractivity contribution is 9.12. The third kappa shape index (κ3) is 2.51. The van der Waals surface area contributed by atoms with Crippen molar-refractivity contribution in [2.45, 2.75) is 38.0 Å². The summed E-state index contributed by atoms with van der Waals surface area (Å²) in [6.45, 7) is 1.80. The SMILES string of the molecule is CC1Oc2ccc(C#N)cc2C(NC2=C(Br)C(=O)CC2)C1O. The number of fused-ring (bicyclic) bond motifs is 1. The fraction of sp³-hybridized carbons (Fsp3) is 0.375. The molecule has 114 valence electrons. The average molecular weight is 363 g/mol. The number of hydrogen-bond acceptors (Lipinski definition) is 5. The molecule has 0 spiro atoms. The van der Waals surface area contributed by atoms with E-state index >= 15 is 0 Å². The number of ether oxygens (including phenoxy) is 1. The molecule has 1 aromatic rings. The number of allylic oxidation sites excluding steroid dienone is 2. The Morgan fingerprint density at radius 2 is 2.23 bits per heavy atom. The zero-order valence-electron chi connectivity index (χ0n) is 12.0. The van der Waals surface area contributed by atoms with Crippen molar-refractivity contribution in [2.24, 2.45) is 0 Å². The lowest BCUT2D eigenvalue weighted by atomic mass is 9.92. The summed E-state index contributed by atoms with van der Waals surface area (Å²) in [6.07, 6.45) is -0.0760. The first kappa shape index (κ1) is 15.1. The molecule has 0 radical (unpaired) electrons. The van der Waals surface area contributed by atoms with Crippen molar-refractivity contribution in [3.8, 4) is 11.8 Å². The minimum absolute atomic E-state index is 0.0584. The largest absolute Gasteiger partial charge is 0.488 e. The van der Waals surface area contributed by atoms with Gasteiger partial charge in [0.15, 0.2) is 5.78 Å². The zero-order chi connectivity index (χ0) is 15.9. The van der Waals surface area contributed by atoms with Gasteiger partial charge >= 0.3 is 0 Å². The third-order valence-corrected chi connectivity index (χ3v) is 4.97. The van der Waals surface area contributed by atoms with E-state index in [0.717, 1.165) is 11.3 Å². The molecule has 1 heterocycles. The molecule has 0 bridgehead atoms. The normalized spacial score (nSPS) is 27.2. The van der Waals surface area contributed by atoms with E-state index in [9.17, 15) is 9.90 Å². The van der Waals surface area contributed by atoms with Crippen molar-refractivity contribution in [3.63, 3.8) is 0 Å². The lowest BCUT2D eigenvalue weighted by molar-refractivity contribution is -0.114. The lowest BCUT2D eigenvalue weighted by Gasteiger charge is -2.36. The molecule has 3 atom stereocenters. The Hall–Kier alpha value is -1.84. The molecule has 2 aliphatic rings. The van der Waals surface area contributed by atoms with Crippen LogP contribution in [0.5, 0.6) is 5.75 Å². The standard InChI is InChI=1S/C16H15BrN2O3/c1-8-16(21)15(19-11-3-4-12(20)14(11)17)10-6-9(7-18)2-5-13(10)22-8/h2,5-6,8,15-16,19,21H,3-4H2,1H3. The summed E-state index contributed by atoms with van der Waals surface area (Å²) in [5.74, 6) is 0.707. The van der Waals surface area contributed by atoms with Gasteiger partial charge in [0.25, 0.3) is 0 Å². The fourth-order valence-electron chi connectivity index (χ4n) is 2.81. The molecular formula is C16H15BrN2O3. The maximum Gasteiger partial charge on any atom is 0.171 e. The second-order valence-electron chi connectivity index (χ2n) is 5.52. The molecule has 0 saturated heterocycles. The first-order valence-corrected chi connectivity index (χ1v) is 7.87. The Kier molecular flexibility index (Phi) is 3.94. The number of hydrogen-bond donors (Lipinski definition) is 2. The Bertz CT molecular complexity index is 708. The van der Waals surface area contributed by atoms with Crippen LogP contribution in [0.1, 0.15) is 36.9 Å². The van der Waals surface area contributed by atoms with Crippen molar-refractivity contribution >= 4 is 21.7 Å². The highest BCUT2D eigenvalue weighted by Gasteiger charge is 2.36. The van der Waals surface area contributed by atoms with Gasteiger partial charge in [0.05, 0.1) is 22.2 Å². The molecule has 22 heavy (non-hydrogen) atoms. The number of nitriles is 1. The van der Waals surface area contributed by atoms with Crippen LogP contribution < -0.4 is 10.1 Å². The Morgan fingerprint density at radius 3 is 2.86 bits per heavy atom. The summed E-state index contributed by atoms with van der Waals surface area (Å²) in [5, 5.41) is 22.8. The summed E-state index contributed by atoms with van der Waals surface area (Å²) in [6, 6.07) is 6.83. The van der Waals surface area contributed by atoms with Crippen LogP contribution in [0.15, 0.2) is 28.4 Å². The van der Waals surface area contributed by atoms with Crippen LogP contribution in [0.25, 0.3) is 0 Å². The third-order valence-electron chi connectivity index (χ3n) is 4.05. The maximum atomic E-state index is 11.6. The van der Waals surface area contributed by atoms with Gasteiger partial charge in [0, 0.05) is 17.7 Å². The van der Waals surface area contributed by atoms with E-state index in [0.29, 0.717) is 28.6 Å². The highest BCUT2D eigenvalue weighted by atomic mass is 79.9. The van der Waals surface area contributed by atoms with Crippen LogP contribution in [0.2, 0.25) is 0 Å². The van der Waals surface area contributed by atoms with E-state index in [1.807, 2.05) is 0 Å². The van der Waals surface area contributed by atoms with Crippen molar-refractivity contribution in [1.29, 1.82) is 5.26 Å². The number of carbonyl (C=O) groups excluding carboxylic acids is 1. The molecule has 0 aromatic heterocycles. The topological polar surface area (TPSA) is 82.3 Å². The van der Waals surface area contributed by atoms with E-state index in [1.165, 1.54) is 0 Å². The molecule has 2 N–H and O–H groups in total. The van der Waals surface area contributed by atoms with Crippen molar-refractivity contribution in [2.75, 3.05) is 0 Å². The van der Waals surface area contributed by atoms with Gasteiger partial charge in [-0.3, -0.25) is 4.79 Å². The smallest absolute Gasteiger partial charge is 0.171 e. The van der Waals surface area contributed by atoms with Crippen LogP contribution in [-0.4, -0.2) is 23.1 Å². The fourth-order valence-corrected chi connectivity index (χ4v) is 3.32.